The highest BCUT2D eigenvalue weighted by Crippen LogP contribution is 2.37. The molecule has 0 saturated heterocycles. The van der Waals surface area contributed by atoms with Crippen molar-refractivity contribution in [1.29, 1.82) is 0 Å². The van der Waals surface area contributed by atoms with Gasteiger partial charge in [0.1, 0.15) is 5.69 Å². The van der Waals surface area contributed by atoms with Crippen molar-refractivity contribution in [1.82, 2.24) is 20.1 Å². The average Bonchev–Trinajstić information content (AvgIpc) is 3.31. The van der Waals surface area contributed by atoms with Gasteiger partial charge in [0.25, 0.3) is 11.8 Å². The molecule has 2 N–H and O–H groups in total. The van der Waals surface area contributed by atoms with Crippen molar-refractivity contribution < 1.29 is 22.8 Å². The van der Waals surface area contributed by atoms with Gasteiger partial charge in [-0.25, -0.2) is 9.67 Å². The molecule has 198 valence electrons. The number of fused-ring (bicyclic) bond motifs is 1. The number of hydrogen-bond acceptors (Lipinski definition) is 4. The number of hydrogen-bond donors (Lipinski definition) is 2. The Morgan fingerprint density at radius 1 is 1.13 bits per heavy atom. The molecule has 0 saturated carbocycles. The molecule has 1 atom stereocenters. The fourth-order valence-corrected chi connectivity index (χ4v) is 4.85. The van der Waals surface area contributed by atoms with Crippen LogP contribution in [-0.2, 0) is 6.18 Å². The highest BCUT2D eigenvalue weighted by atomic mass is 79.9. The van der Waals surface area contributed by atoms with Crippen molar-refractivity contribution in [2.75, 3.05) is 5.32 Å². The largest absolute Gasteiger partial charge is 0.435 e. The van der Waals surface area contributed by atoms with Crippen LogP contribution in [0.1, 0.15) is 46.8 Å². The molecule has 0 aliphatic rings. The second kappa shape index (κ2) is 11.0. The molecule has 4 rings (SSSR count). The Kier molecular flexibility index (Phi) is 8.15. The number of carbonyl (C=O) groups excluding carboxylic acids is 2. The molecule has 13 heteroatoms. The first kappa shape index (κ1) is 28.1. The highest BCUT2D eigenvalue weighted by Gasteiger charge is 2.37. The van der Waals surface area contributed by atoms with Crippen LogP contribution in [0.25, 0.3) is 16.6 Å². The molecular formula is C25H19Br2ClF3N5O2. The summed E-state index contributed by atoms with van der Waals surface area (Å²) >= 11 is 13.0. The maximum absolute atomic E-state index is 13.6. The van der Waals surface area contributed by atoms with Crippen LogP contribution in [0.2, 0.25) is 5.02 Å². The number of halogens is 6. The molecule has 2 amide bonds. The first-order valence-electron chi connectivity index (χ1n) is 11.2. The lowest BCUT2D eigenvalue weighted by Crippen LogP contribution is -2.33. The summed E-state index contributed by atoms with van der Waals surface area (Å²) < 4.78 is 42.6. The summed E-state index contributed by atoms with van der Waals surface area (Å²) in [6.45, 7) is 3.74. The first-order valence-corrected chi connectivity index (χ1v) is 13.2. The molecule has 0 aliphatic heterocycles. The number of pyridine rings is 1. The molecule has 2 heterocycles. The number of anilines is 1. The molecule has 4 aromatic rings. The minimum absolute atomic E-state index is 0.00976. The van der Waals surface area contributed by atoms with Crippen LogP contribution >= 0.6 is 43.5 Å². The van der Waals surface area contributed by atoms with Crippen molar-refractivity contribution in [2.24, 2.45) is 0 Å². The number of rotatable bonds is 6. The molecule has 0 radical (unpaired) electrons. The quantitative estimate of drug-likeness (QED) is 0.223. The minimum Gasteiger partial charge on any atom is -0.350 e. The smallest absolute Gasteiger partial charge is 0.350 e. The Labute approximate surface area is 237 Å². The number of benzene rings is 2. The van der Waals surface area contributed by atoms with E-state index in [0.717, 1.165) is 9.15 Å². The summed E-state index contributed by atoms with van der Waals surface area (Å²) in [4.78, 5) is 30.7. The van der Waals surface area contributed by atoms with Crippen LogP contribution in [0.4, 0.5) is 18.9 Å². The molecular weight excluding hydrogens is 655 g/mol. The SMILES string of the molecule is CCC(C)NC(=O)c1cc2cc(Br)ccc2c(Br)c1NC(=O)c1cc(C(F)(F)F)nn1-c1ncccc1Cl. The minimum atomic E-state index is -4.83. The molecule has 38 heavy (non-hydrogen) atoms. The Balaban J connectivity index is 1.86. The van der Waals surface area contributed by atoms with Gasteiger partial charge in [0, 0.05) is 27.3 Å². The third-order valence-electron chi connectivity index (χ3n) is 5.68. The van der Waals surface area contributed by atoms with E-state index in [1.165, 1.54) is 18.3 Å². The molecule has 0 bridgehead atoms. The summed E-state index contributed by atoms with van der Waals surface area (Å²) in [5.41, 5.74) is -1.58. The van der Waals surface area contributed by atoms with Gasteiger partial charge in [-0.05, 0) is 70.4 Å². The molecule has 0 fully saturated rings. The predicted molar refractivity (Wildman–Crippen MR) is 146 cm³/mol. The van der Waals surface area contributed by atoms with E-state index in [0.29, 0.717) is 27.7 Å². The van der Waals surface area contributed by atoms with Crippen molar-refractivity contribution in [3.8, 4) is 5.82 Å². The second-order valence-corrected chi connectivity index (χ2v) is 10.5. The number of aromatic nitrogens is 3. The summed E-state index contributed by atoms with van der Waals surface area (Å²) in [5, 5.41) is 10.4. The summed E-state index contributed by atoms with van der Waals surface area (Å²) in [5.74, 6) is -1.58. The molecule has 2 aromatic carbocycles. The van der Waals surface area contributed by atoms with Gasteiger partial charge >= 0.3 is 6.18 Å². The van der Waals surface area contributed by atoms with Gasteiger partial charge in [-0.1, -0.05) is 40.5 Å². The van der Waals surface area contributed by atoms with Crippen LogP contribution in [0, 0.1) is 0 Å². The van der Waals surface area contributed by atoms with E-state index in [2.05, 4.69) is 52.6 Å². The van der Waals surface area contributed by atoms with Crippen LogP contribution in [0.15, 0.2) is 57.6 Å². The lowest BCUT2D eigenvalue weighted by Gasteiger charge is -2.18. The maximum Gasteiger partial charge on any atom is 0.435 e. The van der Waals surface area contributed by atoms with Gasteiger partial charge in [-0.2, -0.15) is 18.3 Å². The molecule has 0 aliphatic carbocycles. The average molecular weight is 674 g/mol. The highest BCUT2D eigenvalue weighted by molar-refractivity contribution is 9.11. The van der Waals surface area contributed by atoms with E-state index < -0.39 is 29.4 Å². The second-order valence-electron chi connectivity index (χ2n) is 8.35. The summed E-state index contributed by atoms with van der Waals surface area (Å²) in [7, 11) is 0. The lowest BCUT2D eigenvalue weighted by atomic mass is 10.0. The monoisotopic (exact) mass is 671 g/mol. The van der Waals surface area contributed by atoms with Crippen LogP contribution in [0.5, 0.6) is 0 Å². The van der Waals surface area contributed by atoms with Gasteiger partial charge in [-0.3, -0.25) is 9.59 Å². The fourth-order valence-electron chi connectivity index (χ4n) is 3.59. The first-order chi connectivity index (χ1) is 17.9. The van der Waals surface area contributed by atoms with Gasteiger partial charge < -0.3 is 10.6 Å². The third-order valence-corrected chi connectivity index (χ3v) is 7.30. The van der Waals surface area contributed by atoms with Crippen LogP contribution < -0.4 is 10.6 Å². The Bertz CT molecular complexity index is 1560. The van der Waals surface area contributed by atoms with E-state index in [9.17, 15) is 22.8 Å². The van der Waals surface area contributed by atoms with Gasteiger partial charge in [0.05, 0.1) is 16.3 Å². The Morgan fingerprint density at radius 3 is 2.53 bits per heavy atom. The lowest BCUT2D eigenvalue weighted by molar-refractivity contribution is -0.141. The third kappa shape index (κ3) is 5.71. The van der Waals surface area contributed by atoms with Gasteiger partial charge in [-0.15, -0.1) is 0 Å². The maximum atomic E-state index is 13.6. The summed E-state index contributed by atoms with van der Waals surface area (Å²) in [6, 6.07) is 10.3. The number of alkyl halides is 3. The molecule has 0 spiro atoms. The standard InChI is InChI=1S/C25H19Br2ClF3N5O2/c1-3-12(2)33-23(37)16-10-13-9-14(26)6-7-15(13)20(27)21(16)34-24(38)18-11-19(25(29,30)31)35-36(18)22-17(28)5-4-8-32-22/h4-12H,3H2,1-2H3,(H,33,37)(H,34,38). The number of nitrogens with one attached hydrogen (secondary N) is 2. The van der Waals surface area contributed by atoms with Crippen LogP contribution in [-0.4, -0.2) is 32.6 Å². The zero-order valence-electron chi connectivity index (χ0n) is 19.8. The van der Waals surface area contributed by atoms with Crippen molar-refractivity contribution >= 4 is 71.7 Å². The molecule has 1 unspecified atom stereocenters. The Hall–Kier alpha value is -2.96. The van der Waals surface area contributed by atoms with Crippen molar-refractivity contribution in [3.05, 3.63) is 79.6 Å². The summed E-state index contributed by atoms with van der Waals surface area (Å²) in [6.07, 6.45) is -2.86. The van der Waals surface area contributed by atoms with Crippen molar-refractivity contribution in [2.45, 2.75) is 32.5 Å². The van der Waals surface area contributed by atoms with Crippen LogP contribution in [0.3, 0.4) is 0 Å². The predicted octanol–water partition coefficient (Wildman–Crippen LogP) is 7.40. The van der Waals surface area contributed by atoms with E-state index in [1.54, 1.807) is 24.3 Å². The van der Waals surface area contributed by atoms with E-state index >= 15 is 0 Å². The fraction of sp³-hybridized carbons (Fsp3) is 0.200. The van der Waals surface area contributed by atoms with Gasteiger partial charge in [0.2, 0.25) is 0 Å². The van der Waals surface area contributed by atoms with Crippen molar-refractivity contribution in [3.63, 3.8) is 0 Å². The Morgan fingerprint density at radius 2 is 1.87 bits per heavy atom. The molecule has 7 nitrogen and oxygen atoms in total. The number of nitrogens with zero attached hydrogens (tertiary/aromatic N) is 3. The molecule has 2 aromatic heterocycles. The zero-order chi connectivity index (χ0) is 27.8. The van der Waals surface area contributed by atoms with E-state index in [-0.39, 0.29) is 28.1 Å². The van der Waals surface area contributed by atoms with E-state index in [1.807, 2.05) is 13.8 Å². The van der Waals surface area contributed by atoms with Gasteiger partial charge in [0.15, 0.2) is 11.5 Å². The topological polar surface area (TPSA) is 88.9 Å². The number of amides is 2. The van der Waals surface area contributed by atoms with E-state index in [4.69, 9.17) is 11.6 Å². The number of carbonyl (C=O) groups is 2. The normalized spacial score (nSPS) is 12.4. The zero-order valence-corrected chi connectivity index (χ0v) is 23.8.